The van der Waals surface area contributed by atoms with Crippen LogP contribution in [0.15, 0.2) is 22.8 Å². The van der Waals surface area contributed by atoms with Gasteiger partial charge in [-0.3, -0.25) is 0 Å². The first-order chi connectivity index (χ1) is 6.05. The van der Waals surface area contributed by atoms with E-state index in [2.05, 4.69) is 26.2 Å². The Hall–Kier alpha value is -0.610. The van der Waals surface area contributed by atoms with E-state index in [9.17, 15) is 0 Å². The Morgan fingerprint density at radius 2 is 2.31 bits per heavy atom. The summed E-state index contributed by atoms with van der Waals surface area (Å²) in [5.41, 5.74) is 5.47. The number of nitrogens with zero attached hydrogens (tertiary/aromatic N) is 1. The van der Waals surface area contributed by atoms with E-state index in [0.717, 1.165) is 10.3 Å². The minimum absolute atomic E-state index is 0.128. The quantitative estimate of drug-likeness (QED) is 0.854. The molecule has 3 nitrogen and oxygen atoms in total. The molecular weight excluding hydrogens is 230 g/mol. The van der Waals surface area contributed by atoms with Crippen molar-refractivity contribution in [2.45, 2.75) is 19.4 Å². The van der Waals surface area contributed by atoms with E-state index >= 15 is 0 Å². The number of aromatic nitrogens is 1. The molecule has 0 unspecified atom stereocenters. The highest BCUT2D eigenvalue weighted by Gasteiger charge is 2.16. The fourth-order valence-corrected chi connectivity index (χ4v) is 1.20. The van der Waals surface area contributed by atoms with Crippen molar-refractivity contribution in [3.8, 4) is 0 Å². The molecule has 0 saturated carbocycles. The van der Waals surface area contributed by atoms with Crippen molar-refractivity contribution in [3.05, 3.63) is 22.8 Å². The molecule has 3 N–H and O–H groups in total. The van der Waals surface area contributed by atoms with Crippen molar-refractivity contribution in [2.75, 3.05) is 11.9 Å². The lowest BCUT2D eigenvalue weighted by Gasteiger charge is -2.25. The summed E-state index contributed by atoms with van der Waals surface area (Å²) in [5, 5.41) is 3.25. The lowest BCUT2D eigenvalue weighted by atomic mass is 10.1. The number of hydrogen-bond acceptors (Lipinski definition) is 3. The molecule has 0 aliphatic carbocycles. The van der Waals surface area contributed by atoms with Gasteiger partial charge in [0.15, 0.2) is 0 Å². The highest BCUT2D eigenvalue weighted by Crippen LogP contribution is 2.21. The average molecular weight is 244 g/mol. The minimum atomic E-state index is -0.128. The SMILES string of the molecule is CC(C)(CN)Nc1ncccc1Br. The van der Waals surface area contributed by atoms with Crippen molar-refractivity contribution >= 4 is 21.7 Å². The van der Waals surface area contributed by atoms with Crippen LogP contribution in [0.4, 0.5) is 5.82 Å². The maximum atomic E-state index is 5.60. The molecule has 4 heteroatoms. The predicted molar refractivity (Wildman–Crippen MR) is 58.7 cm³/mol. The van der Waals surface area contributed by atoms with Crippen LogP contribution in [0.2, 0.25) is 0 Å². The van der Waals surface area contributed by atoms with Gasteiger partial charge in [-0.15, -0.1) is 0 Å². The Labute approximate surface area is 86.9 Å². The Balaban J connectivity index is 2.80. The van der Waals surface area contributed by atoms with Crippen LogP contribution < -0.4 is 11.1 Å². The average Bonchev–Trinajstić information content (AvgIpc) is 2.09. The van der Waals surface area contributed by atoms with E-state index in [0.29, 0.717) is 6.54 Å². The van der Waals surface area contributed by atoms with Gasteiger partial charge in [0.1, 0.15) is 5.82 Å². The number of nitrogens with one attached hydrogen (secondary N) is 1. The predicted octanol–water partition coefficient (Wildman–Crippen LogP) is 1.99. The largest absolute Gasteiger partial charge is 0.363 e. The Morgan fingerprint density at radius 3 is 2.85 bits per heavy atom. The van der Waals surface area contributed by atoms with Gasteiger partial charge >= 0.3 is 0 Å². The molecule has 13 heavy (non-hydrogen) atoms. The van der Waals surface area contributed by atoms with Crippen LogP contribution in [0.25, 0.3) is 0 Å². The van der Waals surface area contributed by atoms with E-state index in [1.807, 2.05) is 26.0 Å². The fourth-order valence-electron chi connectivity index (χ4n) is 0.849. The van der Waals surface area contributed by atoms with Crippen LogP contribution in [0.3, 0.4) is 0 Å². The van der Waals surface area contributed by atoms with Gasteiger partial charge in [0.05, 0.1) is 4.47 Å². The third kappa shape index (κ3) is 2.97. The van der Waals surface area contributed by atoms with Crippen LogP contribution in [-0.4, -0.2) is 17.1 Å². The lowest BCUT2D eigenvalue weighted by molar-refractivity contribution is 0.577. The number of nitrogens with two attached hydrogens (primary N) is 1. The maximum Gasteiger partial charge on any atom is 0.140 e. The molecule has 1 rings (SSSR count). The first-order valence-electron chi connectivity index (χ1n) is 4.14. The molecule has 0 aliphatic rings. The number of rotatable bonds is 3. The Bertz CT molecular complexity index is 286. The van der Waals surface area contributed by atoms with Crippen LogP contribution in [0.1, 0.15) is 13.8 Å². The molecular formula is C9H14BrN3. The van der Waals surface area contributed by atoms with E-state index in [-0.39, 0.29) is 5.54 Å². The lowest BCUT2D eigenvalue weighted by Crippen LogP contribution is -2.39. The minimum Gasteiger partial charge on any atom is -0.363 e. The molecule has 0 amide bonds. The molecule has 0 atom stereocenters. The van der Waals surface area contributed by atoms with Gasteiger partial charge in [-0.05, 0) is 41.9 Å². The molecule has 0 spiro atoms. The topological polar surface area (TPSA) is 50.9 Å². The second kappa shape index (κ2) is 4.07. The van der Waals surface area contributed by atoms with Gasteiger partial charge in [0.2, 0.25) is 0 Å². The number of anilines is 1. The van der Waals surface area contributed by atoms with Gasteiger partial charge in [-0.25, -0.2) is 4.98 Å². The Kier molecular flexibility index (Phi) is 3.27. The van der Waals surface area contributed by atoms with Crippen molar-refractivity contribution in [2.24, 2.45) is 5.73 Å². The summed E-state index contributed by atoms with van der Waals surface area (Å²) in [5.74, 6) is 0.831. The summed E-state index contributed by atoms with van der Waals surface area (Å²) in [6.45, 7) is 4.64. The second-order valence-electron chi connectivity index (χ2n) is 3.55. The van der Waals surface area contributed by atoms with Crippen LogP contribution >= 0.6 is 15.9 Å². The second-order valence-corrected chi connectivity index (χ2v) is 4.40. The van der Waals surface area contributed by atoms with E-state index < -0.39 is 0 Å². The third-order valence-electron chi connectivity index (χ3n) is 1.73. The zero-order valence-electron chi connectivity index (χ0n) is 7.84. The molecule has 1 aromatic heterocycles. The smallest absolute Gasteiger partial charge is 0.140 e. The first-order valence-corrected chi connectivity index (χ1v) is 4.93. The van der Waals surface area contributed by atoms with Gasteiger partial charge in [0, 0.05) is 18.3 Å². The number of halogens is 1. The zero-order valence-corrected chi connectivity index (χ0v) is 9.43. The summed E-state index contributed by atoms with van der Waals surface area (Å²) in [4.78, 5) is 4.20. The molecule has 0 fully saturated rings. The number of pyridine rings is 1. The summed E-state index contributed by atoms with van der Waals surface area (Å²) in [6, 6.07) is 3.83. The van der Waals surface area contributed by atoms with E-state index in [1.165, 1.54) is 0 Å². The van der Waals surface area contributed by atoms with Crippen LogP contribution in [0.5, 0.6) is 0 Å². The molecule has 0 radical (unpaired) electrons. The normalized spacial score (nSPS) is 11.4. The maximum absolute atomic E-state index is 5.60. The molecule has 1 heterocycles. The van der Waals surface area contributed by atoms with E-state index in [1.54, 1.807) is 6.20 Å². The molecule has 1 aromatic rings. The zero-order chi connectivity index (χ0) is 9.90. The first kappa shape index (κ1) is 10.5. The summed E-state index contributed by atoms with van der Waals surface area (Å²) in [7, 11) is 0. The van der Waals surface area contributed by atoms with Crippen molar-refractivity contribution in [1.29, 1.82) is 0 Å². The fraction of sp³-hybridized carbons (Fsp3) is 0.444. The van der Waals surface area contributed by atoms with Crippen molar-refractivity contribution in [3.63, 3.8) is 0 Å². The summed E-state index contributed by atoms with van der Waals surface area (Å²) < 4.78 is 0.955. The van der Waals surface area contributed by atoms with Crippen LogP contribution in [-0.2, 0) is 0 Å². The molecule has 0 aliphatic heterocycles. The number of hydrogen-bond donors (Lipinski definition) is 2. The molecule has 72 valence electrons. The molecule has 0 bridgehead atoms. The summed E-state index contributed by atoms with van der Waals surface area (Å²) >= 11 is 3.41. The highest BCUT2D eigenvalue weighted by molar-refractivity contribution is 9.10. The Morgan fingerprint density at radius 1 is 1.62 bits per heavy atom. The van der Waals surface area contributed by atoms with E-state index in [4.69, 9.17) is 5.73 Å². The van der Waals surface area contributed by atoms with Gasteiger partial charge in [-0.1, -0.05) is 0 Å². The van der Waals surface area contributed by atoms with Crippen LogP contribution in [0, 0.1) is 0 Å². The molecule has 0 aromatic carbocycles. The third-order valence-corrected chi connectivity index (χ3v) is 2.37. The molecule has 0 saturated heterocycles. The van der Waals surface area contributed by atoms with Crippen molar-refractivity contribution < 1.29 is 0 Å². The van der Waals surface area contributed by atoms with Crippen molar-refractivity contribution in [1.82, 2.24) is 4.98 Å². The monoisotopic (exact) mass is 243 g/mol. The van der Waals surface area contributed by atoms with Gasteiger partial charge in [-0.2, -0.15) is 0 Å². The van der Waals surface area contributed by atoms with Gasteiger partial charge in [0.25, 0.3) is 0 Å². The summed E-state index contributed by atoms with van der Waals surface area (Å²) in [6.07, 6.45) is 1.75. The standard InChI is InChI=1S/C9H14BrN3/c1-9(2,6-11)13-8-7(10)4-3-5-12-8/h3-5H,6,11H2,1-2H3,(H,12,13). The highest BCUT2D eigenvalue weighted by atomic mass is 79.9. The van der Waals surface area contributed by atoms with Gasteiger partial charge < -0.3 is 11.1 Å².